The summed E-state index contributed by atoms with van der Waals surface area (Å²) in [6.45, 7) is 0.861. The zero-order chi connectivity index (χ0) is 10.0. The molecule has 0 atom stereocenters. The van der Waals surface area contributed by atoms with Crippen LogP contribution in [0.5, 0.6) is 0 Å². The molecular weight excluding hydrogens is 172 g/mol. The zero-order valence-corrected chi connectivity index (χ0v) is 9.47. The summed E-state index contributed by atoms with van der Waals surface area (Å²) in [5.41, 5.74) is 6.37. The maximum Gasteiger partial charge on any atom is 0.0331 e. The highest BCUT2D eigenvalue weighted by molar-refractivity contribution is 4.97. The molecule has 14 heavy (non-hydrogen) atoms. The van der Waals surface area contributed by atoms with Crippen molar-refractivity contribution in [1.29, 1.82) is 0 Å². The van der Waals surface area contributed by atoms with Crippen LogP contribution in [-0.4, -0.2) is 30.1 Å². The summed E-state index contributed by atoms with van der Waals surface area (Å²) in [4.78, 5) is 2.63. The molecule has 2 aliphatic carbocycles. The molecule has 0 amide bonds. The van der Waals surface area contributed by atoms with E-state index in [1.54, 1.807) is 0 Å². The molecule has 2 saturated carbocycles. The van der Waals surface area contributed by atoms with Crippen LogP contribution in [0.4, 0.5) is 0 Å². The summed E-state index contributed by atoms with van der Waals surface area (Å²) >= 11 is 0. The Balaban J connectivity index is 2.02. The molecule has 0 heterocycles. The Morgan fingerprint density at radius 2 is 1.71 bits per heavy atom. The van der Waals surface area contributed by atoms with Gasteiger partial charge in [0.2, 0.25) is 0 Å². The Hall–Kier alpha value is -0.0800. The van der Waals surface area contributed by atoms with Crippen molar-refractivity contribution < 1.29 is 0 Å². The van der Waals surface area contributed by atoms with Gasteiger partial charge in [-0.15, -0.1) is 0 Å². The van der Waals surface area contributed by atoms with Gasteiger partial charge in [0.25, 0.3) is 0 Å². The van der Waals surface area contributed by atoms with Gasteiger partial charge in [0.1, 0.15) is 0 Å². The average Bonchev–Trinajstić information content (AvgIpc) is 2.89. The van der Waals surface area contributed by atoms with Crippen molar-refractivity contribution in [3.8, 4) is 0 Å². The SMILES string of the molecule is CN(C1CCCC1)C1(CN)CCCC1. The molecule has 0 aliphatic heterocycles. The molecule has 2 aliphatic rings. The predicted octanol–water partition coefficient (Wildman–Crippen LogP) is 2.13. The monoisotopic (exact) mass is 196 g/mol. The molecular formula is C12H24N2. The minimum absolute atomic E-state index is 0.370. The quantitative estimate of drug-likeness (QED) is 0.749. The van der Waals surface area contributed by atoms with Gasteiger partial charge in [0.05, 0.1) is 0 Å². The van der Waals surface area contributed by atoms with Gasteiger partial charge in [-0.25, -0.2) is 0 Å². The molecule has 0 bridgehead atoms. The highest BCUT2D eigenvalue weighted by Crippen LogP contribution is 2.37. The summed E-state index contributed by atoms with van der Waals surface area (Å²) < 4.78 is 0. The van der Waals surface area contributed by atoms with E-state index in [9.17, 15) is 0 Å². The van der Waals surface area contributed by atoms with Gasteiger partial charge in [0, 0.05) is 18.1 Å². The fourth-order valence-corrected chi connectivity index (χ4v) is 3.41. The fourth-order valence-electron chi connectivity index (χ4n) is 3.41. The number of hydrogen-bond donors (Lipinski definition) is 1. The van der Waals surface area contributed by atoms with Crippen LogP contribution < -0.4 is 5.73 Å². The summed E-state index contributed by atoms with van der Waals surface area (Å²) in [6, 6.07) is 0.830. The molecule has 0 aromatic rings. The first kappa shape index (κ1) is 10.4. The normalized spacial score (nSPS) is 27.6. The molecule has 0 spiro atoms. The third-order valence-corrected chi connectivity index (χ3v) is 4.53. The van der Waals surface area contributed by atoms with Crippen molar-refractivity contribution >= 4 is 0 Å². The molecule has 2 heteroatoms. The van der Waals surface area contributed by atoms with E-state index < -0.39 is 0 Å². The first-order valence-electron chi connectivity index (χ1n) is 6.21. The molecule has 0 aromatic carbocycles. The van der Waals surface area contributed by atoms with E-state index >= 15 is 0 Å². The van der Waals surface area contributed by atoms with Crippen molar-refractivity contribution in [3.05, 3.63) is 0 Å². The van der Waals surface area contributed by atoms with E-state index in [0.29, 0.717) is 5.54 Å². The van der Waals surface area contributed by atoms with Gasteiger partial charge in [-0.3, -0.25) is 4.90 Å². The van der Waals surface area contributed by atoms with Crippen LogP contribution >= 0.6 is 0 Å². The summed E-state index contributed by atoms with van der Waals surface area (Å²) in [6.07, 6.45) is 11.1. The van der Waals surface area contributed by atoms with E-state index in [2.05, 4.69) is 11.9 Å². The maximum atomic E-state index is 6.00. The van der Waals surface area contributed by atoms with Crippen LogP contribution in [0.15, 0.2) is 0 Å². The lowest BCUT2D eigenvalue weighted by Gasteiger charge is -2.42. The summed E-state index contributed by atoms with van der Waals surface area (Å²) in [7, 11) is 2.31. The van der Waals surface area contributed by atoms with Crippen LogP contribution in [0.2, 0.25) is 0 Å². The Kier molecular flexibility index (Phi) is 3.13. The first-order chi connectivity index (χ1) is 6.78. The molecule has 2 N–H and O–H groups in total. The maximum absolute atomic E-state index is 6.00. The topological polar surface area (TPSA) is 29.3 Å². The largest absolute Gasteiger partial charge is 0.329 e. The molecule has 82 valence electrons. The number of rotatable bonds is 3. The minimum Gasteiger partial charge on any atom is -0.329 e. The molecule has 2 nitrogen and oxygen atoms in total. The number of likely N-dealkylation sites (N-methyl/N-ethyl adjacent to an activating group) is 1. The summed E-state index contributed by atoms with van der Waals surface area (Å²) in [5, 5.41) is 0. The van der Waals surface area contributed by atoms with Crippen molar-refractivity contribution in [3.63, 3.8) is 0 Å². The summed E-state index contributed by atoms with van der Waals surface area (Å²) in [5.74, 6) is 0. The Labute approximate surface area is 87.8 Å². The minimum atomic E-state index is 0.370. The van der Waals surface area contributed by atoms with Crippen LogP contribution in [-0.2, 0) is 0 Å². The smallest absolute Gasteiger partial charge is 0.0331 e. The van der Waals surface area contributed by atoms with E-state index in [-0.39, 0.29) is 0 Å². The number of nitrogens with zero attached hydrogens (tertiary/aromatic N) is 1. The van der Waals surface area contributed by atoms with Crippen molar-refractivity contribution in [1.82, 2.24) is 4.90 Å². The predicted molar refractivity (Wildman–Crippen MR) is 60.3 cm³/mol. The second kappa shape index (κ2) is 4.19. The van der Waals surface area contributed by atoms with Gasteiger partial charge >= 0.3 is 0 Å². The highest BCUT2D eigenvalue weighted by atomic mass is 15.2. The molecule has 0 radical (unpaired) electrons. The van der Waals surface area contributed by atoms with Crippen molar-refractivity contribution in [2.75, 3.05) is 13.6 Å². The fraction of sp³-hybridized carbons (Fsp3) is 1.00. The van der Waals surface area contributed by atoms with E-state index in [1.807, 2.05) is 0 Å². The Morgan fingerprint density at radius 1 is 1.14 bits per heavy atom. The van der Waals surface area contributed by atoms with E-state index in [4.69, 9.17) is 5.73 Å². The van der Waals surface area contributed by atoms with E-state index in [0.717, 1.165) is 12.6 Å². The lowest BCUT2D eigenvalue weighted by molar-refractivity contribution is 0.0842. The van der Waals surface area contributed by atoms with Gasteiger partial charge in [-0.1, -0.05) is 25.7 Å². The van der Waals surface area contributed by atoms with Gasteiger partial charge in [-0.2, -0.15) is 0 Å². The molecule has 0 unspecified atom stereocenters. The van der Waals surface area contributed by atoms with Gasteiger partial charge in [-0.05, 0) is 32.7 Å². The Morgan fingerprint density at radius 3 is 2.21 bits per heavy atom. The second-order valence-electron chi connectivity index (χ2n) is 5.18. The first-order valence-corrected chi connectivity index (χ1v) is 6.21. The second-order valence-corrected chi connectivity index (χ2v) is 5.18. The Bertz CT molecular complexity index is 179. The molecule has 2 rings (SSSR count). The van der Waals surface area contributed by atoms with Crippen LogP contribution in [0.25, 0.3) is 0 Å². The lowest BCUT2D eigenvalue weighted by atomic mass is 9.93. The van der Waals surface area contributed by atoms with E-state index in [1.165, 1.54) is 51.4 Å². The van der Waals surface area contributed by atoms with Gasteiger partial charge < -0.3 is 5.73 Å². The number of hydrogen-bond acceptors (Lipinski definition) is 2. The van der Waals surface area contributed by atoms with Crippen molar-refractivity contribution in [2.45, 2.75) is 62.9 Å². The molecule has 0 aromatic heterocycles. The highest BCUT2D eigenvalue weighted by Gasteiger charge is 2.39. The lowest BCUT2D eigenvalue weighted by Crippen LogP contribution is -2.53. The van der Waals surface area contributed by atoms with Crippen LogP contribution in [0.1, 0.15) is 51.4 Å². The molecule has 2 fully saturated rings. The number of nitrogens with two attached hydrogens (primary N) is 1. The third kappa shape index (κ3) is 1.70. The average molecular weight is 196 g/mol. The van der Waals surface area contributed by atoms with Crippen LogP contribution in [0.3, 0.4) is 0 Å². The molecule has 0 saturated heterocycles. The third-order valence-electron chi connectivity index (χ3n) is 4.53. The van der Waals surface area contributed by atoms with Crippen molar-refractivity contribution in [2.24, 2.45) is 5.73 Å². The van der Waals surface area contributed by atoms with Crippen LogP contribution in [0, 0.1) is 0 Å². The standard InChI is InChI=1S/C12H24N2/c1-14(11-6-2-3-7-11)12(10-13)8-4-5-9-12/h11H,2-10,13H2,1H3. The van der Waals surface area contributed by atoms with Gasteiger partial charge in [0.15, 0.2) is 0 Å². The zero-order valence-electron chi connectivity index (χ0n) is 9.47.